The minimum atomic E-state index is 0.269. The summed E-state index contributed by atoms with van der Waals surface area (Å²) in [5, 5.41) is 16.0. The van der Waals surface area contributed by atoms with Gasteiger partial charge in [0.1, 0.15) is 6.61 Å². The Morgan fingerprint density at radius 1 is 1.27 bits per heavy atom. The summed E-state index contributed by atoms with van der Waals surface area (Å²) < 4.78 is 7.06. The van der Waals surface area contributed by atoms with Gasteiger partial charge in [-0.05, 0) is 38.5 Å². The lowest BCUT2D eigenvalue weighted by molar-refractivity contribution is 0.140. The normalized spacial score (nSPS) is 11.7. The molecule has 0 amide bonds. The van der Waals surface area contributed by atoms with Crippen molar-refractivity contribution in [1.82, 2.24) is 25.0 Å². The molecule has 3 heterocycles. The molecule has 0 aliphatic rings. The monoisotopic (exact) mass is 355 g/mol. The van der Waals surface area contributed by atoms with Crippen molar-refractivity contribution in [2.45, 2.75) is 33.6 Å². The Kier molecular flexibility index (Phi) is 5.26. The maximum Gasteiger partial charge on any atom is 0.216 e. The molecular formula is C17H21N7O2. The van der Waals surface area contributed by atoms with E-state index in [2.05, 4.69) is 25.4 Å². The highest BCUT2D eigenvalue weighted by molar-refractivity contribution is 5.96. The Bertz CT molecular complexity index is 896. The standard InChI is InChI=1S/C17H21N7O2/c1-11-9-12(2)24(22-11)15-7-6-14(10-19-15)17(18)23-25-8-4-5-16-21-20-13(3)26-16/h6-7,9-10H,4-5,8H2,1-3H3,(H2,18,23). The molecule has 0 aliphatic carbocycles. The predicted octanol–water partition coefficient (Wildman–Crippen LogP) is 1.85. The van der Waals surface area contributed by atoms with Crippen LogP contribution >= 0.6 is 0 Å². The molecule has 9 heteroatoms. The van der Waals surface area contributed by atoms with Gasteiger partial charge in [-0.2, -0.15) is 5.10 Å². The van der Waals surface area contributed by atoms with E-state index in [9.17, 15) is 0 Å². The van der Waals surface area contributed by atoms with Crippen molar-refractivity contribution in [2.75, 3.05) is 6.61 Å². The quantitative estimate of drug-likeness (QED) is 0.297. The zero-order valence-corrected chi connectivity index (χ0v) is 15.0. The third-order valence-corrected chi connectivity index (χ3v) is 3.63. The van der Waals surface area contributed by atoms with Crippen LogP contribution in [0.15, 0.2) is 34.0 Å². The zero-order chi connectivity index (χ0) is 18.5. The largest absolute Gasteiger partial charge is 0.426 e. The molecule has 0 fully saturated rings. The Morgan fingerprint density at radius 3 is 2.73 bits per heavy atom. The van der Waals surface area contributed by atoms with Crippen LogP contribution in [0.25, 0.3) is 5.82 Å². The Hall–Kier alpha value is -3.23. The van der Waals surface area contributed by atoms with Gasteiger partial charge in [-0.15, -0.1) is 10.2 Å². The van der Waals surface area contributed by atoms with E-state index >= 15 is 0 Å². The average Bonchev–Trinajstić information content (AvgIpc) is 3.19. The number of amidine groups is 1. The SMILES string of the molecule is Cc1cc(C)n(-c2ccc(/C(N)=N/OCCCc3nnc(C)o3)cn2)n1. The highest BCUT2D eigenvalue weighted by atomic mass is 16.6. The number of aromatic nitrogens is 5. The molecule has 136 valence electrons. The van der Waals surface area contributed by atoms with Gasteiger partial charge < -0.3 is 15.0 Å². The van der Waals surface area contributed by atoms with E-state index in [1.807, 2.05) is 32.0 Å². The van der Waals surface area contributed by atoms with Crippen LogP contribution in [0.1, 0.15) is 35.2 Å². The average molecular weight is 355 g/mol. The minimum absolute atomic E-state index is 0.269. The van der Waals surface area contributed by atoms with Crippen molar-refractivity contribution in [1.29, 1.82) is 0 Å². The number of rotatable bonds is 7. The summed E-state index contributed by atoms with van der Waals surface area (Å²) in [7, 11) is 0. The Morgan fingerprint density at radius 2 is 2.12 bits per heavy atom. The second-order valence-electron chi connectivity index (χ2n) is 5.87. The third-order valence-electron chi connectivity index (χ3n) is 3.63. The fourth-order valence-electron chi connectivity index (χ4n) is 2.42. The highest BCUT2D eigenvalue weighted by Gasteiger charge is 2.07. The van der Waals surface area contributed by atoms with Crippen LogP contribution in [0.5, 0.6) is 0 Å². The van der Waals surface area contributed by atoms with Gasteiger partial charge in [-0.1, -0.05) is 5.16 Å². The number of pyridine rings is 1. The first kappa shape index (κ1) is 17.6. The van der Waals surface area contributed by atoms with Gasteiger partial charge in [0.15, 0.2) is 11.7 Å². The van der Waals surface area contributed by atoms with Crippen molar-refractivity contribution in [3.05, 3.63) is 53.1 Å². The second kappa shape index (κ2) is 7.77. The van der Waals surface area contributed by atoms with E-state index in [4.69, 9.17) is 15.0 Å². The minimum Gasteiger partial charge on any atom is -0.426 e. The van der Waals surface area contributed by atoms with Crippen molar-refractivity contribution in [3.8, 4) is 5.82 Å². The molecule has 0 unspecified atom stereocenters. The van der Waals surface area contributed by atoms with E-state index in [1.165, 1.54) is 0 Å². The number of hydrogen-bond donors (Lipinski definition) is 1. The fourth-order valence-corrected chi connectivity index (χ4v) is 2.42. The first-order valence-electron chi connectivity index (χ1n) is 8.27. The van der Waals surface area contributed by atoms with Gasteiger partial charge in [0.2, 0.25) is 11.8 Å². The third kappa shape index (κ3) is 4.24. The molecule has 0 bridgehead atoms. The lowest BCUT2D eigenvalue weighted by Crippen LogP contribution is -2.15. The zero-order valence-electron chi connectivity index (χ0n) is 15.0. The molecule has 0 spiro atoms. The van der Waals surface area contributed by atoms with Gasteiger partial charge in [-0.3, -0.25) is 0 Å². The van der Waals surface area contributed by atoms with Crippen LogP contribution in [-0.4, -0.2) is 37.4 Å². The summed E-state index contributed by atoms with van der Waals surface area (Å²) in [5.74, 6) is 2.14. The summed E-state index contributed by atoms with van der Waals surface area (Å²) >= 11 is 0. The van der Waals surface area contributed by atoms with E-state index in [1.54, 1.807) is 17.8 Å². The highest BCUT2D eigenvalue weighted by Crippen LogP contribution is 2.10. The number of hydrogen-bond acceptors (Lipinski definition) is 7. The van der Waals surface area contributed by atoms with Crippen molar-refractivity contribution >= 4 is 5.84 Å². The van der Waals surface area contributed by atoms with E-state index in [0.717, 1.165) is 17.2 Å². The molecule has 0 saturated carbocycles. The molecule has 0 radical (unpaired) electrons. The topological polar surface area (TPSA) is 117 Å². The first-order valence-corrected chi connectivity index (χ1v) is 8.27. The van der Waals surface area contributed by atoms with E-state index in [-0.39, 0.29) is 5.84 Å². The van der Waals surface area contributed by atoms with Gasteiger partial charge in [0.25, 0.3) is 0 Å². The summed E-state index contributed by atoms with van der Waals surface area (Å²) in [4.78, 5) is 9.63. The van der Waals surface area contributed by atoms with E-state index < -0.39 is 0 Å². The van der Waals surface area contributed by atoms with Gasteiger partial charge in [0.05, 0.1) is 5.69 Å². The Balaban J connectivity index is 1.53. The second-order valence-corrected chi connectivity index (χ2v) is 5.87. The van der Waals surface area contributed by atoms with Gasteiger partial charge >= 0.3 is 0 Å². The first-order chi connectivity index (χ1) is 12.5. The molecular weight excluding hydrogens is 334 g/mol. The molecule has 3 aromatic heterocycles. The number of oxime groups is 1. The maximum atomic E-state index is 5.94. The molecule has 3 aromatic rings. The molecule has 9 nitrogen and oxygen atoms in total. The van der Waals surface area contributed by atoms with Crippen LogP contribution in [0.4, 0.5) is 0 Å². The summed E-state index contributed by atoms with van der Waals surface area (Å²) in [5.41, 5.74) is 8.58. The molecule has 0 atom stereocenters. The molecule has 26 heavy (non-hydrogen) atoms. The lowest BCUT2D eigenvalue weighted by atomic mass is 10.2. The van der Waals surface area contributed by atoms with Crippen LogP contribution in [0, 0.1) is 20.8 Å². The summed E-state index contributed by atoms with van der Waals surface area (Å²) in [6, 6.07) is 5.67. The molecule has 0 aromatic carbocycles. The predicted molar refractivity (Wildman–Crippen MR) is 94.9 cm³/mol. The number of nitrogens with two attached hydrogens (primary N) is 1. The maximum absolute atomic E-state index is 5.94. The molecule has 0 saturated heterocycles. The van der Waals surface area contributed by atoms with Crippen LogP contribution in [-0.2, 0) is 11.3 Å². The molecule has 2 N–H and O–H groups in total. The van der Waals surface area contributed by atoms with Crippen LogP contribution in [0.3, 0.4) is 0 Å². The van der Waals surface area contributed by atoms with Crippen molar-refractivity contribution in [3.63, 3.8) is 0 Å². The number of nitrogens with zero attached hydrogens (tertiary/aromatic N) is 6. The molecule has 3 rings (SSSR count). The van der Waals surface area contributed by atoms with E-state index in [0.29, 0.717) is 36.8 Å². The number of aryl methyl sites for hydroxylation is 4. The van der Waals surface area contributed by atoms with Crippen LogP contribution < -0.4 is 5.73 Å². The Labute approximate surface area is 150 Å². The van der Waals surface area contributed by atoms with Gasteiger partial charge in [-0.25, -0.2) is 9.67 Å². The lowest BCUT2D eigenvalue weighted by Gasteiger charge is -2.05. The van der Waals surface area contributed by atoms with Crippen LogP contribution in [0.2, 0.25) is 0 Å². The summed E-state index contributed by atoms with van der Waals surface area (Å²) in [6.07, 6.45) is 2.98. The van der Waals surface area contributed by atoms with Crippen molar-refractivity contribution in [2.24, 2.45) is 10.9 Å². The fraction of sp³-hybridized carbons (Fsp3) is 0.353. The summed E-state index contributed by atoms with van der Waals surface area (Å²) in [6.45, 7) is 6.08. The van der Waals surface area contributed by atoms with Gasteiger partial charge in [0, 0.05) is 30.8 Å². The smallest absolute Gasteiger partial charge is 0.216 e. The molecule has 0 aliphatic heterocycles. The van der Waals surface area contributed by atoms with Crippen molar-refractivity contribution < 1.29 is 9.25 Å².